The number of rotatable bonds is 9. The smallest absolute Gasteiger partial charge is 0.342 e. The van der Waals surface area contributed by atoms with Crippen LogP contribution in [0.4, 0.5) is 0 Å². The van der Waals surface area contributed by atoms with Gasteiger partial charge in [0.2, 0.25) is 5.16 Å². The average Bonchev–Trinajstić information content (AvgIpc) is 3.31. The summed E-state index contributed by atoms with van der Waals surface area (Å²) in [7, 11) is 1.54. The molecule has 35 heavy (non-hydrogen) atoms. The molecule has 3 aromatic carbocycles. The van der Waals surface area contributed by atoms with E-state index >= 15 is 0 Å². The lowest BCUT2D eigenvalue weighted by Gasteiger charge is -2.07. The van der Waals surface area contributed by atoms with E-state index < -0.39 is 5.97 Å². The van der Waals surface area contributed by atoms with E-state index in [4.69, 9.17) is 32.7 Å². The SMILES string of the molecule is COc1ccc(Cl)cc1-c1nc(S/C(=C\c2ccc(OCc3cccc(Cl)c3)cc2)C(=O)O)n[nH]1. The van der Waals surface area contributed by atoms with Gasteiger partial charge in [0.25, 0.3) is 0 Å². The zero-order valence-electron chi connectivity index (χ0n) is 18.4. The molecular weight excluding hydrogens is 509 g/mol. The molecule has 10 heteroatoms. The average molecular weight is 528 g/mol. The summed E-state index contributed by atoms with van der Waals surface area (Å²) in [6.45, 7) is 0.372. The number of hydrogen-bond donors (Lipinski definition) is 2. The zero-order chi connectivity index (χ0) is 24.8. The Morgan fingerprint density at radius 1 is 1.09 bits per heavy atom. The van der Waals surface area contributed by atoms with Gasteiger partial charge in [-0.2, -0.15) is 0 Å². The van der Waals surface area contributed by atoms with E-state index in [-0.39, 0.29) is 10.1 Å². The highest BCUT2D eigenvalue weighted by atomic mass is 35.5. The number of methoxy groups -OCH3 is 1. The fourth-order valence-corrected chi connectivity index (χ4v) is 4.21. The minimum atomic E-state index is -1.09. The minimum absolute atomic E-state index is 0.0567. The van der Waals surface area contributed by atoms with Gasteiger partial charge < -0.3 is 14.6 Å². The molecule has 0 bridgehead atoms. The highest BCUT2D eigenvalue weighted by Gasteiger charge is 2.16. The maximum Gasteiger partial charge on any atom is 0.342 e. The predicted molar refractivity (Wildman–Crippen MR) is 137 cm³/mol. The van der Waals surface area contributed by atoms with Crippen LogP contribution in [-0.4, -0.2) is 33.4 Å². The third kappa shape index (κ3) is 6.57. The molecule has 4 rings (SSSR count). The topological polar surface area (TPSA) is 97.3 Å². The second-order valence-electron chi connectivity index (χ2n) is 7.21. The van der Waals surface area contributed by atoms with Crippen LogP contribution in [-0.2, 0) is 11.4 Å². The maximum atomic E-state index is 11.9. The number of aromatic nitrogens is 3. The van der Waals surface area contributed by atoms with Gasteiger partial charge in [-0.3, -0.25) is 5.10 Å². The van der Waals surface area contributed by atoms with Gasteiger partial charge in [-0.25, -0.2) is 9.78 Å². The Hall–Kier alpha value is -3.46. The van der Waals surface area contributed by atoms with Gasteiger partial charge in [-0.1, -0.05) is 47.5 Å². The van der Waals surface area contributed by atoms with Crippen LogP contribution in [0.25, 0.3) is 17.5 Å². The molecule has 1 heterocycles. The van der Waals surface area contributed by atoms with Crippen LogP contribution in [0.15, 0.2) is 76.8 Å². The number of carboxylic acids is 1. The van der Waals surface area contributed by atoms with Crippen molar-refractivity contribution in [3.8, 4) is 22.9 Å². The van der Waals surface area contributed by atoms with Crippen LogP contribution in [0, 0.1) is 0 Å². The second kappa shape index (κ2) is 11.3. The van der Waals surface area contributed by atoms with Crippen LogP contribution < -0.4 is 9.47 Å². The van der Waals surface area contributed by atoms with Gasteiger partial charge in [0.1, 0.15) is 23.0 Å². The number of aromatic amines is 1. The fourth-order valence-electron chi connectivity index (χ4n) is 3.12. The molecule has 7 nitrogen and oxygen atoms in total. The monoisotopic (exact) mass is 527 g/mol. The number of ether oxygens (including phenoxy) is 2. The molecule has 0 amide bonds. The summed E-state index contributed by atoms with van der Waals surface area (Å²) in [5.74, 6) is 0.537. The molecule has 0 saturated carbocycles. The standard InChI is InChI=1S/C25H19Cl2N3O4S/c1-33-21-10-7-18(27)13-20(21)23-28-25(30-29-23)35-22(24(31)32)12-15-5-8-19(9-6-15)34-14-16-3-2-4-17(26)11-16/h2-13H,14H2,1H3,(H,31,32)(H,28,29,30)/b22-12-. The third-order valence-corrected chi connectivity index (χ3v) is 6.11. The van der Waals surface area contributed by atoms with E-state index in [1.807, 2.05) is 18.2 Å². The van der Waals surface area contributed by atoms with E-state index in [1.54, 1.807) is 54.6 Å². The number of H-pyrrole nitrogens is 1. The van der Waals surface area contributed by atoms with Crippen LogP contribution in [0.5, 0.6) is 11.5 Å². The van der Waals surface area contributed by atoms with Crippen LogP contribution in [0.1, 0.15) is 11.1 Å². The third-order valence-electron chi connectivity index (χ3n) is 4.77. The number of hydrogen-bond acceptors (Lipinski definition) is 6. The Bertz CT molecular complexity index is 1370. The number of halogens is 2. The fraction of sp³-hybridized carbons (Fsp3) is 0.0800. The Kier molecular flexibility index (Phi) is 7.97. The van der Waals surface area contributed by atoms with Crippen molar-refractivity contribution in [2.75, 3.05) is 7.11 Å². The van der Waals surface area contributed by atoms with Gasteiger partial charge in [0, 0.05) is 10.0 Å². The molecule has 2 N–H and O–H groups in total. The summed E-state index contributed by atoms with van der Waals surface area (Å²) in [5.41, 5.74) is 2.26. The van der Waals surface area contributed by atoms with Crippen molar-refractivity contribution >= 4 is 47.0 Å². The minimum Gasteiger partial charge on any atom is -0.496 e. The van der Waals surface area contributed by atoms with E-state index in [2.05, 4.69) is 15.2 Å². The van der Waals surface area contributed by atoms with E-state index in [0.717, 1.165) is 17.3 Å². The van der Waals surface area contributed by atoms with Crippen molar-refractivity contribution in [1.82, 2.24) is 15.2 Å². The first-order valence-corrected chi connectivity index (χ1v) is 11.8. The molecule has 4 aromatic rings. The van der Waals surface area contributed by atoms with Gasteiger partial charge in [-0.05, 0) is 71.4 Å². The summed E-state index contributed by atoms with van der Waals surface area (Å²) in [5, 5.41) is 18.0. The van der Waals surface area contributed by atoms with Crippen molar-refractivity contribution in [1.29, 1.82) is 0 Å². The van der Waals surface area contributed by atoms with E-state index in [0.29, 0.717) is 45.1 Å². The number of aliphatic carboxylic acids is 1. The molecule has 0 radical (unpaired) electrons. The van der Waals surface area contributed by atoms with Crippen molar-refractivity contribution < 1.29 is 19.4 Å². The lowest BCUT2D eigenvalue weighted by atomic mass is 10.2. The summed E-state index contributed by atoms with van der Waals surface area (Å²) in [6, 6.07) is 19.6. The number of nitrogens with one attached hydrogen (secondary N) is 1. The van der Waals surface area contributed by atoms with Gasteiger partial charge in [0.05, 0.1) is 12.7 Å². The molecule has 1 aromatic heterocycles. The zero-order valence-corrected chi connectivity index (χ0v) is 20.7. The summed E-state index contributed by atoms with van der Waals surface area (Å²) in [4.78, 5) is 16.3. The Morgan fingerprint density at radius 2 is 1.86 bits per heavy atom. The van der Waals surface area contributed by atoms with E-state index in [1.165, 1.54) is 7.11 Å². The number of carbonyl (C=O) groups is 1. The molecule has 0 atom stereocenters. The molecule has 0 aliphatic carbocycles. The lowest BCUT2D eigenvalue weighted by Crippen LogP contribution is -1.97. The number of nitrogens with zero attached hydrogens (tertiary/aromatic N) is 2. The Balaban J connectivity index is 1.46. The van der Waals surface area contributed by atoms with Crippen LogP contribution in [0.3, 0.4) is 0 Å². The lowest BCUT2D eigenvalue weighted by molar-refractivity contribution is -0.131. The highest BCUT2D eigenvalue weighted by molar-refractivity contribution is 8.04. The van der Waals surface area contributed by atoms with Crippen molar-refractivity contribution in [2.45, 2.75) is 11.8 Å². The first-order chi connectivity index (χ1) is 16.9. The molecule has 0 unspecified atom stereocenters. The van der Waals surface area contributed by atoms with Gasteiger partial charge >= 0.3 is 5.97 Å². The molecule has 0 aliphatic rings. The molecule has 0 saturated heterocycles. The second-order valence-corrected chi connectivity index (χ2v) is 9.10. The maximum absolute atomic E-state index is 11.9. The normalized spacial score (nSPS) is 11.3. The Labute approximate surface area is 215 Å². The van der Waals surface area contributed by atoms with Crippen molar-refractivity contribution in [3.05, 3.63) is 92.8 Å². The molecular formula is C25H19Cl2N3O4S. The largest absolute Gasteiger partial charge is 0.496 e. The number of benzene rings is 3. The van der Waals surface area contributed by atoms with Crippen molar-refractivity contribution in [3.63, 3.8) is 0 Å². The Morgan fingerprint density at radius 3 is 2.57 bits per heavy atom. The molecule has 0 spiro atoms. The number of carboxylic acid groups (broad SMARTS) is 1. The quantitative estimate of drug-likeness (QED) is 0.187. The summed E-state index contributed by atoms with van der Waals surface area (Å²) < 4.78 is 11.1. The summed E-state index contributed by atoms with van der Waals surface area (Å²) in [6.07, 6.45) is 1.55. The van der Waals surface area contributed by atoms with Crippen molar-refractivity contribution in [2.24, 2.45) is 0 Å². The van der Waals surface area contributed by atoms with Gasteiger partial charge in [-0.15, -0.1) is 5.10 Å². The first kappa shape index (κ1) is 24.7. The highest BCUT2D eigenvalue weighted by Crippen LogP contribution is 2.33. The molecule has 178 valence electrons. The predicted octanol–water partition coefficient (Wildman–Crippen LogP) is 6.58. The number of thioether (sulfide) groups is 1. The van der Waals surface area contributed by atoms with Gasteiger partial charge in [0.15, 0.2) is 5.82 Å². The van der Waals surface area contributed by atoms with Crippen LogP contribution in [0.2, 0.25) is 10.0 Å². The van der Waals surface area contributed by atoms with Crippen LogP contribution >= 0.6 is 35.0 Å². The first-order valence-electron chi connectivity index (χ1n) is 10.3. The molecule has 0 fully saturated rings. The molecule has 0 aliphatic heterocycles. The van der Waals surface area contributed by atoms with E-state index in [9.17, 15) is 9.90 Å². The summed E-state index contributed by atoms with van der Waals surface area (Å²) >= 11 is 13.0.